The molecule has 0 radical (unpaired) electrons. The van der Waals surface area contributed by atoms with Gasteiger partial charge in [0.25, 0.3) is 0 Å². The average molecular weight is 236 g/mol. The fourth-order valence-corrected chi connectivity index (χ4v) is 0.690. The summed E-state index contributed by atoms with van der Waals surface area (Å²) in [6.45, 7) is 1.65. The molecular weight excluding hydrogens is 223 g/mol. The van der Waals surface area contributed by atoms with Crippen LogP contribution >= 0.6 is 0 Å². The Labute approximate surface area is 84.0 Å². The van der Waals surface area contributed by atoms with E-state index in [0.717, 1.165) is 0 Å². The van der Waals surface area contributed by atoms with Crippen molar-refractivity contribution in [2.75, 3.05) is 6.61 Å². The Hall–Kier alpha value is -0.430. The van der Waals surface area contributed by atoms with E-state index in [4.69, 9.17) is 5.11 Å². The smallest absolute Gasteiger partial charge is 0.379 e. The minimum Gasteiger partial charge on any atom is -0.379 e. The Kier molecular flexibility index (Phi) is 4.92. The van der Waals surface area contributed by atoms with Gasteiger partial charge >= 0.3 is 12.1 Å². The van der Waals surface area contributed by atoms with E-state index in [1.54, 1.807) is 6.92 Å². The molecule has 92 valence electrons. The van der Waals surface area contributed by atoms with Crippen molar-refractivity contribution in [2.24, 2.45) is 0 Å². The fourth-order valence-electron chi connectivity index (χ4n) is 0.690. The highest BCUT2D eigenvalue weighted by atomic mass is 19.4. The highest BCUT2D eigenvalue weighted by Gasteiger charge is 2.55. The van der Waals surface area contributed by atoms with Crippen molar-refractivity contribution in [1.29, 1.82) is 0 Å². The largest absolute Gasteiger partial charge is 0.420 e. The first-order valence-corrected chi connectivity index (χ1v) is 4.35. The zero-order valence-corrected chi connectivity index (χ0v) is 8.31. The Morgan fingerprint density at radius 2 is 1.67 bits per heavy atom. The van der Waals surface area contributed by atoms with Gasteiger partial charge in [-0.05, 0) is 13.3 Å². The Morgan fingerprint density at radius 1 is 1.20 bits per heavy atom. The van der Waals surface area contributed by atoms with Crippen LogP contribution in [0.4, 0.5) is 22.0 Å². The molecule has 2 unspecified atom stereocenters. The molecule has 2 atom stereocenters. The lowest BCUT2D eigenvalue weighted by atomic mass is 10.2. The van der Waals surface area contributed by atoms with E-state index >= 15 is 0 Å². The topological polar surface area (TPSA) is 29.5 Å². The van der Waals surface area contributed by atoms with Crippen LogP contribution < -0.4 is 0 Å². The SMILES string of the molecule is CCC(C)OCC(F)(F)C(O)C(F)(F)F. The van der Waals surface area contributed by atoms with Crippen LogP contribution in [0.2, 0.25) is 0 Å². The maximum Gasteiger partial charge on any atom is 0.420 e. The lowest BCUT2D eigenvalue weighted by Gasteiger charge is -2.25. The molecule has 0 aromatic carbocycles. The molecule has 0 bridgehead atoms. The molecule has 0 aliphatic carbocycles. The summed E-state index contributed by atoms with van der Waals surface area (Å²) in [4.78, 5) is 0. The molecule has 0 saturated carbocycles. The summed E-state index contributed by atoms with van der Waals surface area (Å²) < 4.78 is 65.2. The van der Waals surface area contributed by atoms with Crippen molar-refractivity contribution < 1.29 is 31.8 Å². The van der Waals surface area contributed by atoms with Gasteiger partial charge in [0.1, 0.15) is 6.61 Å². The van der Waals surface area contributed by atoms with Gasteiger partial charge in [-0.15, -0.1) is 0 Å². The molecule has 0 rings (SSSR count). The second-order valence-electron chi connectivity index (χ2n) is 3.24. The van der Waals surface area contributed by atoms with E-state index in [1.807, 2.05) is 0 Å². The molecule has 0 aromatic heterocycles. The quantitative estimate of drug-likeness (QED) is 0.742. The van der Waals surface area contributed by atoms with E-state index in [0.29, 0.717) is 6.42 Å². The molecule has 0 saturated heterocycles. The summed E-state index contributed by atoms with van der Waals surface area (Å²) in [5.74, 6) is -4.32. The first-order valence-electron chi connectivity index (χ1n) is 4.35. The number of aliphatic hydroxyl groups excluding tert-OH is 1. The molecule has 0 heterocycles. The highest BCUT2D eigenvalue weighted by Crippen LogP contribution is 2.32. The van der Waals surface area contributed by atoms with Crippen LogP contribution in [0, 0.1) is 0 Å². The molecule has 0 spiro atoms. The molecule has 0 aromatic rings. The summed E-state index contributed by atoms with van der Waals surface area (Å²) in [5, 5.41) is 8.34. The molecule has 0 aliphatic rings. The molecule has 2 nitrogen and oxygen atoms in total. The van der Waals surface area contributed by atoms with E-state index in [2.05, 4.69) is 4.74 Å². The third-order valence-electron chi connectivity index (χ3n) is 1.85. The monoisotopic (exact) mass is 236 g/mol. The van der Waals surface area contributed by atoms with Gasteiger partial charge in [-0.2, -0.15) is 13.2 Å². The number of halogens is 5. The van der Waals surface area contributed by atoms with Gasteiger partial charge in [0.05, 0.1) is 6.10 Å². The second-order valence-corrected chi connectivity index (χ2v) is 3.24. The normalized spacial score (nSPS) is 17.6. The van der Waals surface area contributed by atoms with Crippen molar-refractivity contribution in [3.8, 4) is 0 Å². The third-order valence-corrected chi connectivity index (χ3v) is 1.85. The van der Waals surface area contributed by atoms with Gasteiger partial charge in [0.15, 0.2) is 0 Å². The summed E-state index contributed by atoms with van der Waals surface area (Å²) >= 11 is 0. The minimum absolute atomic E-state index is 0.401. The predicted octanol–water partition coefficient (Wildman–Crippen LogP) is 2.36. The number of hydrogen-bond acceptors (Lipinski definition) is 2. The van der Waals surface area contributed by atoms with Crippen LogP contribution in [-0.4, -0.2) is 36.0 Å². The maximum absolute atomic E-state index is 12.7. The van der Waals surface area contributed by atoms with Crippen LogP contribution in [-0.2, 0) is 4.74 Å². The second kappa shape index (κ2) is 5.07. The summed E-state index contributed by atoms with van der Waals surface area (Å²) in [7, 11) is 0. The van der Waals surface area contributed by atoms with Crippen LogP contribution in [0.25, 0.3) is 0 Å². The first-order chi connectivity index (χ1) is 6.61. The van der Waals surface area contributed by atoms with E-state index in [1.165, 1.54) is 6.92 Å². The summed E-state index contributed by atoms with van der Waals surface area (Å²) in [6.07, 6.45) is -9.20. The van der Waals surface area contributed by atoms with Crippen molar-refractivity contribution in [2.45, 2.75) is 44.6 Å². The van der Waals surface area contributed by atoms with Crippen molar-refractivity contribution in [3.05, 3.63) is 0 Å². The lowest BCUT2D eigenvalue weighted by Crippen LogP contribution is -2.48. The van der Waals surface area contributed by atoms with Crippen molar-refractivity contribution >= 4 is 0 Å². The fraction of sp³-hybridized carbons (Fsp3) is 1.00. The van der Waals surface area contributed by atoms with Gasteiger partial charge in [-0.1, -0.05) is 6.92 Å². The number of ether oxygens (including phenoxy) is 1. The van der Waals surface area contributed by atoms with Crippen LogP contribution in [0.5, 0.6) is 0 Å². The van der Waals surface area contributed by atoms with Gasteiger partial charge in [0, 0.05) is 0 Å². The first kappa shape index (κ1) is 14.6. The molecule has 7 heteroatoms. The van der Waals surface area contributed by atoms with Gasteiger partial charge < -0.3 is 9.84 Å². The summed E-state index contributed by atoms with van der Waals surface area (Å²) in [5.41, 5.74) is 0. The minimum atomic E-state index is -5.34. The van der Waals surface area contributed by atoms with Crippen LogP contribution in [0.3, 0.4) is 0 Å². The Bertz CT molecular complexity index is 192. The van der Waals surface area contributed by atoms with Crippen molar-refractivity contribution in [3.63, 3.8) is 0 Å². The number of alkyl halides is 5. The molecule has 0 amide bonds. The van der Waals surface area contributed by atoms with Gasteiger partial charge in [-0.25, -0.2) is 8.78 Å². The average Bonchev–Trinajstić information content (AvgIpc) is 2.11. The number of hydrogen-bond donors (Lipinski definition) is 1. The van der Waals surface area contributed by atoms with Crippen molar-refractivity contribution in [1.82, 2.24) is 0 Å². The number of rotatable bonds is 5. The Morgan fingerprint density at radius 3 is 2.00 bits per heavy atom. The number of aliphatic hydroxyl groups is 1. The maximum atomic E-state index is 12.7. The molecular formula is C8H13F5O2. The highest BCUT2D eigenvalue weighted by molar-refractivity contribution is 4.82. The van der Waals surface area contributed by atoms with E-state index in [9.17, 15) is 22.0 Å². The summed E-state index contributed by atoms with van der Waals surface area (Å²) in [6, 6.07) is 0. The van der Waals surface area contributed by atoms with E-state index in [-0.39, 0.29) is 0 Å². The van der Waals surface area contributed by atoms with Crippen LogP contribution in [0.15, 0.2) is 0 Å². The van der Waals surface area contributed by atoms with Gasteiger partial charge in [0.2, 0.25) is 6.10 Å². The molecule has 15 heavy (non-hydrogen) atoms. The zero-order chi connectivity index (χ0) is 12.3. The lowest BCUT2D eigenvalue weighted by molar-refractivity contribution is -0.281. The van der Waals surface area contributed by atoms with E-state index < -0.39 is 30.9 Å². The predicted molar refractivity (Wildman–Crippen MR) is 42.7 cm³/mol. The Balaban J connectivity index is 4.29. The molecule has 0 fully saturated rings. The van der Waals surface area contributed by atoms with Crippen LogP contribution in [0.1, 0.15) is 20.3 Å². The van der Waals surface area contributed by atoms with Gasteiger partial charge in [-0.3, -0.25) is 0 Å². The molecule has 0 aliphatic heterocycles. The zero-order valence-electron chi connectivity index (χ0n) is 8.31. The standard InChI is InChI=1S/C8H13F5O2/c1-3-5(2)15-4-7(9,10)6(14)8(11,12)13/h5-6,14H,3-4H2,1-2H3. The molecule has 1 N–H and O–H groups in total. The third kappa shape index (κ3) is 4.74.